The summed E-state index contributed by atoms with van der Waals surface area (Å²) in [5, 5.41) is 3.57. The van der Waals surface area contributed by atoms with Gasteiger partial charge in [-0.1, -0.05) is 29.3 Å². The summed E-state index contributed by atoms with van der Waals surface area (Å²) in [5.41, 5.74) is 0.964. The molecular formula is C22H25Cl2N5O2. The number of hydrogen-bond donors (Lipinski definition) is 1. The quantitative estimate of drug-likeness (QED) is 0.637. The fourth-order valence-electron chi connectivity index (χ4n) is 3.36. The van der Waals surface area contributed by atoms with E-state index in [0.717, 1.165) is 12.2 Å². The zero-order valence-electron chi connectivity index (χ0n) is 17.5. The number of amides is 2. The fraction of sp³-hybridized carbons (Fsp3) is 0.364. The van der Waals surface area contributed by atoms with Gasteiger partial charge >= 0.3 is 0 Å². The minimum Gasteiger partial charge on any atom is -0.338 e. The van der Waals surface area contributed by atoms with Gasteiger partial charge in [-0.15, -0.1) is 0 Å². The Morgan fingerprint density at radius 2 is 2.00 bits per heavy atom. The van der Waals surface area contributed by atoms with Gasteiger partial charge in [0.25, 0.3) is 5.91 Å². The van der Waals surface area contributed by atoms with Crippen LogP contribution < -0.4 is 5.32 Å². The van der Waals surface area contributed by atoms with Crippen molar-refractivity contribution in [1.29, 1.82) is 0 Å². The van der Waals surface area contributed by atoms with Crippen molar-refractivity contribution in [3.63, 3.8) is 0 Å². The molecule has 1 saturated heterocycles. The SMILES string of the molecule is CN(C)C/C=C/C(=O)Nc1ccc(C(=O)N2CC[C@@H](Cc3ncc(Cl)cn3)C2)cc1Cl. The van der Waals surface area contributed by atoms with Crippen LogP contribution in [0.25, 0.3) is 0 Å². The molecule has 2 heterocycles. The van der Waals surface area contributed by atoms with Gasteiger partial charge in [-0.05, 0) is 44.6 Å². The zero-order chi connectivity index (χ0) is 22.4. The van der Waals surface area contributed by atoms with Crippen molar-refractivity contribution in [1.82, 2.24) is 19.8 Å². The van der Waals surface area contributed by atoms with Crippen molar-refractivity contribution in [2.75, 3.05) is 39.0 Å². The van der Waals surface area contributed by atoms with Crippen LogP contribution in [0.4, 0.5) is 5.69 Å². The fourth-order valence-corrected chi connectivity index (χ4v) is 3.69. The number of carbonyl (C=O) groups excluding carboxylic acids is 2. The highest BCUT2D eigenvalue weighted by atomic mass is 35.5. The molecule has 1 N–H and O–H groups in total. The first-order chi connectivity index (χ1) is 14.8. The van der Waals surface area contributed by atoms with E-state index in [4.69, 9.17) is 23.2 Å². The first-order valence-corrected chi connectivity index (χ1v) is 10.7. The van der Waals surface area contributed by atoms with Gasteiger partial charge < -0.3 is 15.1 Å². The van der Waals surface area contributed by atoms with Crippen LogP contribution in [0, 0.1) is 5.92 Å². The summed E-state index contributed by atoms with van der Waals surface area (Å²) in [7, 11) is 3.84. The summed E-state index contributed by atoms with van der Waals surface area (Å²) in [6, 6.07) is 4.93. The second-order valence-corrected chi connectivity index (χ2v) is 8.62. The molecule has 1 aromatic heterocycles. The molecule has 0 unspecified atom stereocenters. The predicted octanol–water partition coefficient (Wildman–Crippen LogP) is 3.54. The Bertz CT molecular complexity index is 963. The average Bonchev–Trinajstić information content (AvgIpc) is 3.19. The highest BCUT2D eigenvalue weighted by molar-refractivity contribution is 6.34. The summed E-state index contributed by atoms with van der Waals surface area (Å²) >= 11 is 12.1. The van der Waals surface area contributed by atoms with Crippen molar-refractivity contribution < 1.29 is 9.59 Å². The monoisotopic (exact) mass is 461 g/mol. The van der Waals surface area contributed by atoms with Gasteiger partial charge in [0, 0.05) is 50.1 Å². The second kappa shape index (κ2) is 10.7. The van der Waals surface area contributed by atoms with Crippen LogP contribution in [0.15, 0.2) is 42.7 Å². The number of anilines is 1. The van der Waals surface area contributed by atoms with E-state index in [1.807, 2.05) is 23.9 Å². The summed E-state index contributed by atoms with van der Waals surface area (Å²) in [6.07, 6.45) is 7.99. The van der Waals surface area contributed by atoms with Crippen molar-refractivity contribution in [3.05, 3.63) is 64.2 Å². The average molecular weight is 462 g/mol. The molecule has 164 valence electrons. The van der Waals surface area contributed by atoms with Crippen molar-refractivity contribution in [3.8, 4) is 0 Å². The molecule has 0 bridgehead atoms. The van der Waals surface area contributed by atoms with Gasteiger partial charge in [0.15, 0.2) is 0 Å². The van der Waals surface area contributed by atoms with Gasteiger partial charge in [0.05, 0.1) is 15.7 Å². The number of carbonyl (C=O) groups is 2. The largest absolute Gasteiger partial charge is 0.338 e. The highest BCUT2D eigenvalue weighted by Gasteiger charge is 2.28. The molecule has 1 aliphatic rings. The molecule has 1 atom stereocenters. The summed E-state index contributed by atoms with van der Waals surface area (Å²) < 4.78 is 0. The smallest absolute Gasteiger partial charge is 0.253 e. The second-order valence-electron chi connectivity index (χ2n) is 7.78. The molecule has 2 amide bonds. The third-order valence-electron chi connectivity index (χ3n) is 4.93. The first kappa shape index (κ1) is 23.2. The van der Waals surface area contributed by atoms with E-state index in [0.29, 0.717) is 53.3 Å². The lowest BCUT2D eigenvalue weighted by atomic mass is 10.0. The summed E-state index contributed by atoms with van der Waals surface area (Å²) in [4.78, 5) is 37.1. The number of likely N-dealkylation sites (tertiary alicyclic amines) is 1. The van der Waals surface area contributed by atoms with Crippen LogP contribution in [-0.4, -0.2) is 65.3 Å². The van der Waals surface area contributed by atoms with E-state index in [1.165, 1.54) is 6.08 Å². The maximum absolute atomic E-state index is 12.9. The molecule has 0 saturated carbocycles. The minimum absolute atomic E-state index is 0.0785. The summed E-state index contributed by atoms with van der Waals surface area (Å²) in [6.45, 7) is 1.97. The molecule has 3 rings (SSSR count). The van der Waals surface area contributed by atoms with Gasteiger partial charge in [0.2, 0.25) is 5.91 Å². The molecule has 0 aliphatic carbocycles. The Morgan fingerprint density at radius 1 is 1.26 bits per heavy atom. The maximum Gasteiger partial charge on any atom is 0.253 e. The Hall–Kier alpha value is -2.48. The van der Waals surface area contributed by atoms with Crippen LogP contribution in [-0.2, 0) is 11.2 Å². The third kappa shape index (κ3) is 6.75. The van der Waals surface area contributed by atoms with Crippen LogP contribution in [0.3, 0.4) is 0 Å². The molecule has 0 radical (unpaired) electrons. The van der Waals surface area contributed by atoms with Crippen LogP contribution >= 0.6 is 23.2 Å². The Labute approximate surface area is 192 Å². The highest BCUT2D eigenvalue weighted by Crippen LogP contribution is 2.26. The van der Waals surface area contributed by atoms with Crippen LogP contribution in [0.2, 0.25) is 10.0 Å². The number of likely N-dealkylation sites (N-methyl/N-ethyl adjacent to an activating group) is 1. The molecule has 7 nitrogen and oxygen atoms in total. The van der Waals surface area contributed by atoms with Crippen molar-refractivity contribution >= 4 is 40.7 Å². The number of benzene rings is 1. The topological polar surface area (TPSA) is 78.4 Å². The number of halogens is 2. The van der Waals surface area contributed by atoms with Gasteiger partial charge in [-0.2, -0.15) is 0 Å². The standard InChI is InChI=1S/C22H25Cl2N5O2/c1-28(2)8-3-4-21(30)27-19-6-5-16(11-18(19)24)22(31)29-9-7-15(14-29)10-20-25-12-17(23)13-26-20/h3-6,11-13,15H,7-10,14H2,1-2H3,(H,27,30)/b4-3+/t15-/m0/s1. The Morgan fingerprint density at radius 3 is 2.68 bits per heavy atom. The number of aromatic nitrogens is 2. The molecular weight excluding hydrogens is 437 g/mol. The minimum atomic E-state index is -0.269. The number of nitrogens with zero attached hydrogens (tertiary/aromatic N) is 4. The van der Waals surface area contributed by atoms with Gasteiger partial charge in [-0.3, -0.25) is 9.59 Å². The van der Waals surface area contributed by atoms with Crippen molar-refractivity contribution in [2.24, 2.45) is 5.92 Å². The normalized spacial score (nSPS) is 16.3. The summed E-state index contributed by atoms with van der Waals surface area (Å²) in [5.74, 6) is 0.680. The Kier molecular flexibility index (Phi) is 8.01. The third-order valence-corrected chi connectivity index (χ3v) is 5.44. The van der Waals surface area contributed by atoms with Crippen LogP contribution in [0.1, 0.15) is 22.6 Å². The van der Waals surface area contributed by atoms with E-state index in [-0.39, 0.29) is 11.8 Å². The molecule has 1 aliphatic heterocycles. The number of rotatable bonds is 7. The van der Waals surface area contributed by atoms with Crippen LogP contribution in [0.5, 0.6) is 0 Å². The zero-order valence-corrected chi connectivity index (χ0v) is 19.0. The molecule has 9 heteroatoms. The lowest BCUT2D eigenvalue weighted by molar-refractivity contribution is -0.111. The maximum atomic E-state index is 12.9. The first-order valence-electron chi connectivity index (χ1n) is 9.99. The van der Waals surface area contributed by atoms with E-state index in [2.05, 4.69) is 15.3 Å². The molecule has 31 heavy (non-hydrogen) atoms. The van der Waals surface area contributed by atoms with E-state index in [1.54, 1.807) is 36.7 Å². The lowest BCUT2D eigenvalue weighted by Crippen LogP contribution is -2.29. The number of nitrogens with one attached hydrogen (secondary N) is 1. The van der Waals surface area contributed by atoms with Gasteiger partial charge in [-0.25, -0.2) is 9.97 Å². The predicted molar refractivity (Wildman–Crippen MR) is 123 cm³/mol. The molecule has 1 fully saturated rings. The van der Waals surface area contributed by atoms with E-state index < -0.39 is 0 Å². The lowest BCUT2D eigenvalue weighted by Gasteiger charge is -2.17. The molecule has 1 aromatic carbocycles. The molecule has 0 spiro atoms. The number of hydrogen-bond acceptors (Lipinski definition) is 5. The van der Waals surface area contributed by atoms with Gasteiger partial charge in [0.1, 0.15) is 5.82 Å². The van der Waals surface area contributed by atoms with E-state index in [9.17, 15) is 9.59 Å². The molecule has 2 aromatic rings. The Balaban J connectivity index is 1.57. The van der Waals surface area contributed by atoms with E-state index >= 15 is 0 Å². The van der Waals surface area contributed by atoms with Crippen molar-refractivity contribution in [2.45, 2.75) is 12.8 Å².